The molecule has 7 heteroatoms. The van der Waals surface area contributed by atoms with Gasteiger partial charge >= 0.3 is 0 Å². The van der Waals surface area contributed by atoms with Gasteiger partial charge in [-0.15, -0.1) is 0 Å². The highest BCUT2D eigenvalue weighted by Crippen LogP contribution is 2.28. The molecule has 0 atom stereocenters. The van der Waals surface area contributed by atoms with E-state index < -0.39 is 5.91 Å². The molecular formula is C19H24N4O3. The van der Waals surface area contributed by atoms with Gasteiger partial charge in [-0.1, -0.05) is 0 Å². The standard InChI is InChI=1S/C19H24N4O3/c1-12-18-16(5-3-6-17(18)24)23(22-12)13-7-8-14(19(20)25)15(11-13)21-9-4-10-26-2/h7-8,11,21H,3-6,9-10H2,1-2H3,(H2,20,25). The highest BCUT2D eigenvalue weighted by molar-refractivity contribution is 6.00. The Labute approximate surface area is 152 Å². The minimum absolute atomic E-state index is 0.154. The van der Waals surface area contributed by atoms with E-state index in [1.54, 1.807) is 13.2 Å². The minimum atomic E-state index is -0.486. The maximum absolute atomic E-state index is 12.2. The fourth-order valence-electron chi connectivity index (χ4n) is 3.39. The minimum Gasteiger partial charge on any atom is -0.385 e. The summed E-state index contributed by atoms with van der Waals surface area (Å²) >= 11 is 0. The van der Waals surface area contributed by atoms with E-state index in [0.717, 1.165) is 41.9 Å². The van der Waals surface area contributed by atoms with E-state index in [1.807, 2.05) is 23.7 Å². The number of amides is 1. The number of nitrogens with zero attached hydrogens (tertiary/aromatic N) is 2. The molecule has 1 aromatic carbocycles. The van der Waals surface area contributed by atoms with Gasteiger partial charge in [0.15, 0.2) is 5.78 Å². The lowest BCUT2D eigenvalue weighted by molar-refractivity contribution is 0.0969. The lowest BCUT2D eigenvalue weighted by atomic mass is 9.94. The Morgan fingerprint density at radius 1 is 1.38 bits per heavy atom. The largest absolute Gasteiger partial charge is 0.385 e. The van der Waals surface area contributed by atoms with Crippen molar-refractivity contribution in [1.82, 2.24) is 9.78 Å². The predicted molar refractivity (Wildman–Crippen MR) is 99.1 cm³/mol. The number of hydrogen-bond acceptors (Lipinski definition) is 5. The summed E-state index contributed by atoms with van der Waals surface area (Å²) < 4.78 is 6.86. The second-order valence-electron chi connectivity index (χ2n) is 6.46. The highest BCUT2D eigenvalue weighted by Gasteiger charge is 2.25. The van der Waals surface area contributed by atoms with E-state index >= 15 is 0 Å². The monoisotopic (exact) mass is 356 g/mol. The highest BCUT2D eigenvalue weighted by atomic mass is 16.5. The first kappa shape index (κ1) is 18.1. The molecule has 0 fully saturated rings. The second-order valence-corrected chi connectivity index (χ2v) is 6.46. The van der Waals surface area contributed by atoms with Crippen molar-refractivity contribution in [1.29, 1.82) is 0 Å². The molecule has 0 aliphatic heterocycles. The first-order chi connectivity index (χ1) is 12.5. The van der Waals surface area contributed by atoms with Gasteiger partial charge in [-0.05, 0) is 44.4 Å². The van der Waals surface area contributed by atoms with Crippen LogP contribution in [0.5, 0.6) is 0 Å². The molecule has 2 aromatic rings. The molecule has 1 aliphatic rings. The first-order valence-electron chi connectivity index (χ1n) is 8.81. The van der Waals surface area contributed by atoms with Crippen LogP contribution in [0.15, 0.2) is 18.2 Å². The zero-order valence-corrected chi connectivity index (χ0v) is 15.2. The summed E-state index contributed by atoms with van der Waals surface area (Å²) in [6.45, 7) is 3.15. The SMILES string of the molecule is COCCCNc1cc(-n2nc(C)c3c2CCCC3=O)ccc1C(N)=O. The molecule has 1 aromatic heterocycles. The van der Waals surface area contributed by atoms with Crippen LogP contribution in [0.25, 0.3) is 5.69 Å². The molecule has 0 saturated carbocycles. The molecule has 1 aliphatic carbocycles. The Kier molecular flexibility index (Phi) is 5.37. The lowest BCUT2D eigenvalue weighted by Crippen LogP contribution is -2.17. The van der Waals surface area contributed by atoms with Gasteiger partial charge in [0.1, 0.15) is 0 Å². The van der Waals surface area contributed by atoms with Crippen LogP contribution in [0.1, 0.15) is 51.4 Å². The summed E-state index contributed by atoms with van der Waals surface area (Å²) in [5.41, 5.74) is 9.83. The summed E-state index contributed by atoms with van der Waals surface area (Å²) in [5.74, 6) is -0.332. The third-order valence-corrected chi connectivity index (χ3v) is 4.61. The Balaban J connectivity index is 1.97. The third kappa shape index (κ3) is 3.48. The van der Waals surface area contributed by atoms with Crippen molar-refractivity contribution in [2.24, 2.45) is 5.73 Å². The van der Waals surface area contributed by atoms with Crippen molar-refractivity contribution in [3.05, 3.63) is 40.7 Å². The summed E-state index contributed by atoms with van der Waals surface area (Å²) in [7, 11) is 1.65. The molecule has 0 bridgehead atoms. The lowest BCUT2D eigenvalue weighted by Gasteiger charge is -2.16. The zero-order valence-electron chi connectivity index (χ0n) is 15.2. The Bertz CT molecular complexity index is 842. The summed E-state index contributed by atoms with van der Waals surface area (Å²) in [5, 5.41) is 7.82. The van der Waals surface area contributed by atoms with E-state index in [2.05, 4.69) is 10.4 Å². The van der Waals surface area contributed by atoms with Gasteiger partial charge in [0, 0.05) is 32.4 Å². The molecule has 0 saturated heterocycles. The number of ether oxygens (including phenoxy) is 1. The van der Waals surface area contributed by atoms with E-state index in [0.29, 0.717) is 30.8 Å². The Morgan fingerprint density at radius 3 is 2.92 bits per heavy atom. The molecule has 0 spiro atoms. The van der Waals surface area contributed by atoms with E-state index in [-0.39, 0.29) is 5.78 Å². The molecule has 3 N–H and O–H groups in total. The van der Waals surface area contributed by atoms with Gasteiger partial charge in [0.2, 0.25) is 0 Å². The summed E-state index contributed by atoms with van der Waals surface area (Å²) in [6, 6.07) is 5.37. The number of aryl methyl sites for hydroxylation is 1. The summed E-state index contributed by atoms with van der Waals surface area (Å²) in [6.07, 6.45) is 3.03. The van der Waals surface area contributed by atoms with Gasteiger partial charge in [-0.25, -0.2) is 4.68 Å². The van der Waals surface area contributed by atoms with Crippen LogP contribution >= 0.6 is 0 Å². The van der Waals surface area contributed by atoms with Crippen molar-refractivity contribution >= 4 is 17.4 Å². The fourth-order valence-corrected chi connectivity index (χ4v) is 3.39. The van der Waals surface area contributed by atoms with Gasteiger partial charge in [0.25, 0.3) is 5.91 Å². The second kappa shape index (κ2) is 7.70. The number of carbonyl (C=O) groups is 2. The number of anilines is 1. The van der Waals surface area contributed by atoms with Crippen LogP contribution in [0.2, 0.25) is 0 Å². The van der Waals surface area contributed by atoms with Crippen LogP contribution in [-0.2, 0) is 11.2 Å². The fraction of sp³-hybridized carbons (Fsp3) is 0.421. The van der Waals surface area contributed by atoms with Gasteiger partial charge in [0.05, 0.1) is 28.2 Å². The molecule has 0 radical (unpaired) electrons. The molecule has 138 valence electrons. The van der Waals surface area contributed by atoms with Crippen LogP contribution in [-0.4, -0.2) is 41.7 Å². The third-order valence-electron chi connectivity index (χ3n) is 4.61. The number of primary amides is 1. The van der Waals surface area contributed by atoms with Crippen LogP contribution < -0.4 is 11.1 Å². The van der Waals surface area contributed by atoms with Crippen LogP contribution in [0.4, 0.5) is 5.69 Å². The number of nitrogens with one attached hydrogen (secondary N) is 1. The normalized spacial score (nSPS) is 13.5. The molecule has 26 heavy (non-hydrogen) atoms. The number of nitrogens with two attached hydrogens (primary N) is 1. The number of ketones is 1. The van der Waals surface area contributed by atoms with E-state index in [4.69, 9.17) is 10.5 Å². The quantitative estimate of drug-likeness (QED) is 0.741. The molecule has 1 heterocycles. The number of aromatic nitrogens is 2. The van der Waals surface area contributed by atoms with E-state index in [9.17, 15) is 9.59 Å². The number of rotatable bonds is 7. The van der Waals surface area contributed by atoms with E-state index in [1.165, 1.54) is 0 Å². The Hall–Kier alpha value is -2.67. The molecule has 0 unspecified atom stereocenters. The molecular weight excluding hydrogens is 332 g/mol. The van der Waals surface area contributed by atoms with Crippen molar-refractivity contribution in [2.75, 3.05) is 25.6 Å². The smallest absolute Gasteiger partial charge is 0.250 e. The number of methoxy groups -OCH3 is 1. The van der Waals surface area contributed by atoms with Crippen molar-refractivity contribution in [3.63, 3.8) is 0 Å². The zero-order chi connectivity index (χ0) is 18.7. The molecule has 7 nitrogen and oxygen atoms in total. The van der Waals surface area contributed by atoms with Crippen molar-refractivity contribution in [3.8, 4) is 5.69 Å². The number of benzene rings is 1. The maximum Gasteiger partial charge on any atom is 0.250 e. The maximum atomic E-state index is 12.2. The topological polar surface area (TPSA) is 99.2 Å². The average Bonchev–Trinajstić information content (AvgIpc) is 2.96. The van der Waals surface area contributed by atoms with Crippen LogP contribution in [0.3, 0.4) is 0 Å². The van der Waals surface area contributed by atoms with Crippen LogP contribution in [0, 0.1) is 6.92 Å². The van der Waals surface area contributed by atoms with Crippen molar-refractivity contribution < 1.29 is 14.3 Å². The Morgan fingerprint density at radius 2 is 2.19 bits per heavy atom. The average molecular weight is 356 g/mol. The number of carbonyl (C=O) groups excluding carboxylic acids is 2. The van der Waals surface area contributed by atoms with Gasteiger partial charge < -0.3 is 15.8 Å². The van der Waals surface area contributed by atoms with Crippen molar-refractivity contribution in [2.45, 2.75) is 32.6 Å². The number of fused-ring (bicyclic) bond motifs is 1. The van der Waals surface area contributed by atoms with Gasteiger partial charge in [-0.3, -0.25) is 9.59 Å². The predicted octanol–water partition coefficient (Wildman–Crippen LogP) is 2.25. The molecule has 3 rings (SSSR count). The molecule has 1 amide bonds. The van der Waals surface area contributed by atoms with Gasteiger partial charge in [-0.2, -0.15) is 5.10 Å². The summed E-state index contributed by atoms with van der Waals surface area (Å²) in [4.78, 5) is 24.0. The first-order valence-corrected chi connectivity index (χ1v) is 8.81. The number of hydrogen-bond donors (Lipinski definition) is 2. The number of Topliss-reactive ketones (excluding diaryl/α,β-unsaturated/α-hetero) is 1.